The summed E-state index contributed by atoms with van der Waals surface area (Å²) in [6.45, 7) is 2.86. The number of aryl methyl sites for hydroxylation is 1. The first-order chi connectivity index (χ1) is 8.69. The van der Waals surface area contributed by atoms with E-state index < -0.39 is 0 Å². The zero-order valence-corrected chi connectivity index (χ0v) is 11.3. The predicted molar refractivity (Wildman–Crippen MR) is 75.5 cm³/mol. The molecule has 0 aliphatic rings. The van der Waals surface area contributed by atoms with Crippen LogP contribution in [0.1, 0.15) is 11.1 Å². The van der Waals surface area contributed by atoms with Crippen LogP contribution in [0.15, 0.2) is 42.5 Å². The fraction of sp³-hybridized carbons (Fsp3) is 0.200. The van der Waals surface area contributed by atoms with Gasteiger partial charge in [-0.1, -0.05) is 29.8 Å². The van der Waals surface area contributed by atoms with Gasteiger partial charge in [-0.15, -0.1) is 0 Å². The first kappa shape index (κ1) is 12.9. The van der Waals surface area contributed by atoms with E-state index in [2.05, 4.69) is 17.4 Å². The summed E-state index contributed by atoms with van der Waals surface area (Å²) in [6, 6.07) is 13.6. The number of ether oxygens (including phenoxy) is 1. The lowest BCUT2D eigenvalue weighted by molar-refractivity contribution is 0.478. The highest BCUT2D eigenvalue weighted by atomic mass is 35.5. The molecule has 0 spiro atoms. The van der Waals surface area contributed by atoms with E-state index >= 15 is 0 Å². The Morgan fingerprint density at radius 1 is 1.17 bits per heavy atom. The second kappa shape index (κ2) is 5.89. The quantitative estimate of drug-likeness (QED) is 0.892. The number of hydrogen-bond acceptors (Lipinski definition) is 2. The molecule has 0 aliphatic heterocycles. The minimum atomic E-state index is 0.677. The van der Waals surface area contributed by atoms with Gasteiger partial charge in [0, 0.05) is 11.6 Å². The Hall–Kier alpha value is -1.51. The van der Waals surface area contributed by atoms with Gasteiger partial charge in [0.15, 0.2) is 0 Å². The van der Waals surface area contributed by atoms with E-state index in [4.69, 9.17) is 16.3 Å². The Kier molecular flexibility index (Phi) is 4.24. The molecule has 0 saturated heterocycles. The molecule has 3 heteroatoms. The third-order valence-corrected chi connectivity index (χ3v) is 2.89. The number of benzene rings is 2. The Bertz CT molecular complexity index is 540. The average Bonchev–Trinajstić information content (AvgIpc) is 2.34. The van der Waals surface area contributed by atoms with Crippen molar-refractivity contribution in [3.63, 3.8) is 0 Å². The smallest absolute Gasteiger partial charge is 0.130 e. The monoisotopic (exact) mass is 261 g/mol. The maximum Gasteiger partial charge on any atom is 0.130 e. The number of hydrogen-bond donors (Lipinski definition) is 1. The summed E-state index contributed by atoms with van der Waals surface area (Å²) in [4.78, 5) is 0. The molecule has 94 valence electrons. The SMILES string of the molecule is CNCc1ccc(C)c(Oc2cccc(Cl)c2)c1. The molecule has 0 aromatic heterocycles. The first-order valence-electron chi connectivity index (χ1n) is 5.86. The standard InChI is InChI=1S/C15H16ClNO/c1-11-6-7-12(10-17-2)8-15(11)18-14-5-3-4-13(16)9-14/h3-9,17H,10H2,1-2H3. The predicted octanol–water partition coefficient (Wildman–Crippen LogP) is 4.16. The number of nitrogens with one attached hydrogen (secondary N) is 1. The number of halogens is 1. The van der Waals surface area contributed by atoms with Crippen LogP contribution in [0.25, 0.3) is 0 Å². The molecule has 0 saturated carbocycles. The first-order valence-corrected chi connectivity index (χ1v) is 6.24. The molecule has 2 nitrogen and oxygen atoms in total. The van der Waals surface area contributed by atoms with Gasteiger partial charge < -0.3 is 10.1 Å². The van der Waals surface area contributed by atoms with E-state index in [1.165, 1.54) is 5.56 Å². The molecule has 0 radical (unpaired) electrons. The van der Waals surface area contributed by atoms with Gasteiger partial charge in [0.2, 0.25) is 0 Å². The molecule has 2 rings (SSSR count). The van der Waals surface area contributed by atoms with Crippen molar-refractivity contribution in [2.24, 2.45) is 0 Å². The maximum absolute atomic E-state index is 5.94. The van der Waals surface area contributed by atoms with Gasteiger partial charge >= 0.3 is 0 Å². The fourth-order valence-electron chi connectivity index (χ4n) is 1.73. The largest absolute Gasteiger partial charge is 0.457 e. The summed E-state index contributed by atoms with van der Waals surface area (Å²) >= 11 is 5.94. The van der Waals surface area contributed by atoms with Gasteiger partial charge in [0.05, 0.1) is 0 Å². The van der Waals surface area contributed by atoms with E-state index in [0.717, 1.165) is 23.6 Å². The molecule has 0 amide bonds. The van der Waals surface area contributed by atoms with Crippen molar-refractivity contribution in [2.45, 2.75) is 13.5 Å². The molecule has 2 aromatic rings. The van der Waals surface area contributed by atoms with Gasteiger partial charge in [-0.05, 0) is 49.4 Å². The highest BCUT2D eigenvalue weighted by molar-refractivity contribution is 6.30. The Labute approximate surface area is 113 Å². The van der Waals surface area contributed by atoms with Crippen LogP contribution >= 0.6 is 11.6 Å². The Morgan fingerprint density at radius 2 is 2.00 bits per heavy atom. The van der Waals surface area contributed by atoms with E-state index in [1.807, 2.05) is 44.3 Å². The Balaban J connectivity index is 2.25. The maximum atomic E-state index is 5.94. The summed E-state index contributed by atoms with van der Waals surface area (Å²) in [5.74, 6) is 1.62. The lowest BCUT2D eigenvalue weighted by atomic mass is 10.1. The average molecular weight is 262 g/mol. The van der Waals surface area contributed by atoms with Crippen molar-refractivity contribution < 1.29 is 4.74 Å². The van der Waals surface area contributed by atoms with Crippen molar-refractivity contribution in [2.75, 3.05) is 7.05 Å². The van der Waals surface area contributed by atoms with Crippen molar-refractivity contribution in [3.8, 4) is 11.5 Å². The van der Waals surface area contributed by atoms with Gasteiger partial charge in [-0.3, -0.25) is 0 Å². The van der Waals surface area contributed by atoms with Crippen molar-refractivity contribution in [1.82, 2.24) is 5.32 Å². The molecule has 0 heterocycles. The lowest BCUT2D eigenvalue weighted by Gasteiger charge is -2.11. The van der Waals surface area contributed by atoms with Crippen molar-refractivity contribution in [3.05, 3.63) is 58.6 Å². The van der Waals surface area contributed by atoms with Crippen LogP contribution < -0.4 is 10.1 Å². The van der Waals surface area contributed by atoms with Crippen molar-refractivity contribution in [1.29, 1.82) is 0 Å². The molecular formula is C15H16ClNO. The summed E-state index contributed by atoms with van der Waals surface area (Å²) < 4.78 is 5.86. The second-order valence-electron chi connectivity index (χ2n) is 4.19. The minimum absolute atomic E-state index is 0.677. The molecule has 2 aromatic carbocycles. The van der Waals surface area contributed by atoms with E-state index in [9.17, 15) is 0 Å². The van der Waals surface area contributed by atoms with Crippen molar-refractivity contribution >= 4 is 11.6 Å². The summed E-state index contributed by atoms with van der Waals surface area (Å²) in [7, 11) is 1.93. The summed E-state index contributed by atoms with van der Waals surface area (Å²) in [6.07, 6.45) is 0. The fourth-order valence-corrected chi connectivity index (χ4v) is 1.91. The second-order valence-corrected chi connectivity index (χ2v) is 4.63. The molecule has 0 atom stereocenters. The van der Waals surface area contributed by atoms with Crippen LogP contribution in [0.4, 0.5) is 0 Å². The third kappa shape index (κ3) is 3.25. The zero-order chi connectivity index (χ0) is 13.0. The molecule has 0 fully saturated rings. The van der Waals surface area contributed by atoms with Gasteiger partial charge in [-0.2, -0.15) is 0 Å². The third-order valence-electron chi connectivity index (χ3n) is 2.66. The molecule has 1 N–H and O–H groups in total. The lowest BCUT2D eigenvalue weighted by Crippen LogP contribution is -2.05. The van der Waals surface area contributed by atoms with Crippen LogP contribution in [0.5, 0.6) is 11.5 Å². The van der Waals surface area contributed by atoms with Crippen LogP contribution in [0.3, 0.4) is 0 Å². The molecule has 0 unspecified atom stereocenters. The highest BCUT2D eigenvalue weighted by Crippen LogP contribution is 2.27. The zero-order valence-electron chi connectivity index (χ0n) is 10.5. The van der Waals surface area contributed by atoms with Crippen LogP contribution in [0, 0.1) is 6.92 Å². The van der Waals surface area contributed by atoms with E-state index in [0.29, 0.717) is 5.02 Å². The number of rotatable bonds is 4. The van der Waals surface area contributed by atoms with Gasteiger partial charge in [-0.25, -0.2) is 0 Å². The summed E-state index contributed by atoms with van der Waals surface area (Å²) in [5, 5.41) is 3.80. The molecule has 0 aliphatic carbocycles. The van der Waals surface area contributed by atoms with Gasteiger partial charge in [0.1, 0.15) is 11.5 Å². The molecular weight excluding hydrogens is 246 g/mol. The minimum Gasteiger partial charge on any atom is -0.457 e. The highest BCUT2D eigenvalue weighted by Gasteiger charge is 2.03. The molecule has 18 heavy (non-hydrogen) atoms. The molecule has 0 bridgehead atoms. The topological polar surface area (TPSA) is 21.3 Å². The van der Waals surface area contributed by atoms with E-state index in [-0.39, 0.29) is 0 Å². The Morgan fingerprint density at radius 3 is 2.72 bits per heavy atom. The van der Waals surface area contributed by atoms with E-state index in [1.54, 1.807) is 0 Å². The normalized spacial score (nSPS) is 10.4. The summed E-state index contributed by atoms with van der Waals surface area (Å²) in [5.41, 5.74) is 2.30. The van der Waals surface area contributed by atoms with Gasteiger partial charge in [0.25, 0.3) is 0 Å². The van der Waals surface area contributed by atoms with Crippen LogP contribution in [-0.2, 0) is 6.54 Å². The van der Waals surface area contributed by atoms with Crippen LogP contribution in [0.2, 0.25) is 5.02 Å². The van der Waals surface area contributed by atoms with Crippen LogP contribution in [-0.4, -0.2) is 7.05 Å².